The fourth-order valence-electron chi connectivity index (χ4n) is 4.77. The number of hydrogen-bond acceptors (Lipinski definition) is 2. The molecule has 3 aromatic rings. The molecule has 1 aliphatic heterocycles. The van der Waals surface area contributed by atoms with E-state index in [0.29, 0.717) is 41.9 Å². The molecular formula is C32H35F3O2. The van der Waals surface area contributed by atoms with E-state index in [1.54, 1.807) is 42.5 Å². The van der Waals surface area contributed by atoms with Crippen LogP contribution in [0.2, 0.25) is 0 Å². The van der Waals surface area contributed by atoms with E-state index in [1.807, 2.05) is 25.1 Å². The highest BCUT2D eigenvalue weighted by Gasteiger charge is 2.24. The maximum absolute atomic E-state index is 15.0. The van der Waals surface area contributed by atoms with Gasteiger partial charge in [0.05, 0.1) is 13.2 Å². The Kier molecular flexibility index (Phi) is 9.59. The van der Waals surface area contributed by atoms with Crippen LogP contribution in [0.5, 0.6) is 0 Å². The predicted octanol–water partition coefficient (Wildman–Crippen LogP) is 8.98. The van der Waals surface area contributed by atoms with Crippen LogP contribution >= 0.6 is 0 Å². The van der Waals surface area contributed by atoms with Gasteiger partial charge in [0, 0.05) is 11.5 Å². The summed E-state index contributed by atoms with van der Waals surface area (Å²) in [7, 11) is 0. The maximum Gasteiger partial charge on any atom is 0.176 e. The van der Waals surface area contributed by atoms with Gasteiger partial charge in [-0.25, -0.2) is 13.2 Å². The number of rotatable bonds is 10. The highest BCUT2D eigenvalue weighted by Crippen LogP contribution is 2.32. The molecule has 0 amide bonds. The van der Waals surface area contributed by atoms with Gasteiger partial charge in [0.15, 0.2) is 17.9 Å². The zero-order chi connectivity index (χ0) is 26.2. The monoisotopic (exact) mass is 508 g/mol. The van der Waals surface area contributed by atoms with Crippen molar-refractivity contribution in [2.75, 3.05) is 13.2 Å². The molecule has 0 aliphatic carbocycles. The second-order valence-electron chi connectivity index (χ2n) is 9.64. The van der Waals surface area contributed by atoms with Gasteiger partial charge in [0.1, 0.15) is 5.82 Å². The van der Waals surface area contributed by atoms with Crippen molar-refractivity contribution >= 4 is 0 Å². The Morgan fingerprint density at radius 2 is 1.46 bits per heavy atom. The van der Waals surface area contributed by atoms with Crippen molar-refractivity contribution in [3.8, 4) is 22.3 Å². The Morgan fingerprint density at radius 3 is 2.14 bits per heavy atom. The average molecular weight is 509 g/mol. The number of hydrogen-bond donors (Lipinski definition) is 0. The molecule has 1 heterocycles. The van der Waals surface area contributed by atoms with E-state index in [1.165, 1.54) is 12.5 Å². The zero-order valence-electron chi connectivity index (χ0n) is 21.6. The van der Waals surface area contributed by atoms with Crippen molar-refractivity contribution in [1.82, 2.24) is 0 Å². The molecule has 4 rings (SSSR count). The van der Waals surface area contributed by atoms with Crippen molar-refractivity contribution in [2.45, 2.75) is 64.6 Å². The Balaban J connectivity index is 1.44. The first-order chi connectivity index (χ1) is 18.0. The summed E-state index contributed by atoms with van der Waals surface area (Å²) in [5.74, 6) is -2.07. The molecule has 0 aromatic heterocycles. The van der Waals surface area contributed by atoms with E-state index in [-0.39, 0.29) is 23.6 Å². The van der Waals surface area contributed by atoms with Crippen LogP contribution in [0.15, 0.2) is 66.7 Å². The van der Waals surface area contributed by atoms with Gasteiger partial charge in [-0.1, -0.05) is 87.2 Å². The van der Waals surface area contributed by atoms with Gasteiger partial charge < -0.3 is 9.47 Å². The second-order valence-corrected chi connectivity index (χ2v) is 9.64. The smallest absolute Gasteiger partial charge is 0.176 e. The van der Waals surface area contributed by atoms with Crippen LogP contribution in [0, 0.1) is 17.5 Å². The van der Waals surface area contributed by atoms with Crippen molar-refractivity contribution in [3.63, 3.8) is 0 Å². The third-order valence-electron chi connectivity index (χ3n) is 6.95. The Hall–Kier alpha value is -2.89. The first-order valence-electron chi connectivity index (χ1n) is 13.2. The topological polar surface area (TPSA) is 18.5 Å². The predicted molar refractivity (Wildman–Crippen MR) is 143 cm³/mol. The van der Waals surface area contributed by atoms with E-state index in [2.05, 4.69) is 6.92 Å². The Labute approximate surface area is 218 Å². The van der Waals surface area contributed by atoms with Crippen LogP contribution in [-0.2, 0) is 15.9 Å². The number of benzene rings is 3. The molecule has 37 heavy (non-hydrogen) atoms. The van der Waals surface area contributed by atoms with Crippen molar-refractivity contribution in [3.05, 3.63) is 95.3 Å². The first kappa shape index (κ1) is 27.2. The fourth-order valence-corrected chi connectivity index (χ4v) is 4.77. The van der Waals surface area contributed by atoms with Crippen molar-refractivity contribution in [1.29, 1.82) is 0 Å². The molecule has 1 saturated heterocycles. The lowest BCUT2D eigenvalue weighted by molar-refractivity contribution is -0.159. The quantitative estimate of drug-likeness (QED) is 0.201. The minimum absolute atomic E-state index is 0.171. The molecule has 0 N–H and O–H groups in total. The molecule has 0 radical (unpaired) electrons. The highest BCUT2D eigenvalue weighted by atomic mass is 19.2. The Bertz CT molecular complexity index is 1200. The van der Waals surface area contributed by atoms with Gasteiger partial charge in [-0.3, -0.25) is 0 Å². The summed E-state index contributed by atoms with van der Waals surface area (Å²) in [6, 6.07) is 15.6. The summed E-state index contributed by atoms with van der Waals surface area (Å²) in [4.78, 5) is 0. The Morgan fingerprint density at radius 1 is 0.784 bits per heavy atom. The SMILES string of the molecule is C/C=C/C1OCC(c2ccc(-c3ccc(-c4ccc(CCCCCCC)c(F)c4F)cc3)cc2F)CO1. The molecule has 0 unspecified atom stereocenters. The second kappa shape index (κ2) is 13.1. The molecule has 3 aromatic carbocycles. The molecule has 0 atom stereocenters. The lowest BCUT2D eigenvalue weighted by atomic mass is 9.94. The number of ether oxygens (including phenoxy) is 2. The van der Waals surface area contributed by atoms with E-state index < -0.39 is 11.6 Å². The summed E-state index contributed by atoms with van der Waals surface area (Å²) in [5, 5.41) is 0. The number of aryl methyl sites for hydroxylation is 1. The lowest BCUT2D eigenvalue weighted by Crippen LogP contribution is -2.29. The standard InChI is InChI=1S/C32H35F3O2/c1-3-5-6-7-8-10-24-15-18-28(32(35)31(24)34)23-13-11-22(12-14-23)25-16-17-27(29(33)19-25)26-20-36-30(9-4-2)37-21-26/h4,9,11-19,26,30H,3,5-8,10,20-21H2,1-2H3/b9-4+. The van der Waals surface area contributed by atoms with Crippen LogP contribution in [0.1, 0.15) is 63.0 Å². The molecule has 1 aliphatic rings. The summed E-state index contributed by atoms with van der Waals surface area (Å²) < 4.78 is 55.9. The van der Waals surface area contributed by atoms with Crippen LogP contribution < -0.4 is 0 Å². The van der Waals surface area contributed by atoms with E-state index in [0.717, 1.165) is 31.2 Å². The summed E-state index contributed by atoms with van der Waals surface area (Å²) in [6.45, 7) is 4.82. The van der Waals surface area contributed by atoms with Gasteiger partial charge in [0.2, 0.25) is 0 Å². The van der Waals surface area contributed by atoms with Gasteiger partial charge >= 0.3 is 0 Å². The minimum atomic E-state index is -0.817. The summed E-state index contributed by atoms with van der Waals surface area (Å²) in [6.07, 6.45) is 9.18. The number of halogens is 3. The zero-order valence-corrected chi connectivity index (χ0v) is 21.6. The lowest BCUT2D eigenvalue weighted by Gasteiger charge is -2.28. The third kappa shape index (κ3) is 6.71. The minimum Gasteiger partial charge on any atom is -0.348 e. The molecular weight excluding hydrogens is 473 g/mol. The molecule has 2 nitrogen and oxygen atoms in total. The van der Waals surface area contributed by atoms with E-state index >= 15 is 0 Å². The van der Waals surface area contributed by atoms with E-state index in [4.69, 9.17) is 9.47 Å². The van der Waals surface area contributed by atoms with Crippen LogP contribution in [-0.4, -0.2) is 19.5 Å². The van der Waals surface area contributed by atoms with Crippen LogP contribution in [0.4, 0.5) is 13.2 Å². The molecule has 196 valence electrons. The molecule has 0 spiro atoms. The van der Waals surface area contributed by atoms with Gasteiger partial charge in [0.25, 0.3) is 0 Å². The normalized spacial score (nSPS) is 18.0. The molecule has 1 fully saturated rings. The highest BCUT2D eigenvalue weighted by molar-refractivity contribution is 5.71. The van der Waals surface area contributed by atoms with Crippen molar-refractivity contribution in [2.24, 2.45) is 0 Å². The van der Waals surface area contributed by atoms with Gasteiger partial charge in [-0.2, -0.15) is 0 Å². The summed E-state index contributed by atoms with van der Waals surface area (Å²) in [5.41, 5.74) is 3.30. The molecule has 0 bridgehead atoms. The van der Waals surface area contributed by atoms with Crippen molar-refractivity contribution < 1.29 is 22.6 Å². The number of allylic oxidation sites excluding steroid dienone is 1. The van der Waals surface area contributed by atoms with Crippen LogP contribution in [0.3, 0.4) is 0 Å². The van der Waals surface area contributed by atoms with Crippen LogP contribution in [0.25, 0.3) is 22.3 Å². The van der Waals surface area contributed by atoms with Gasteiger partial charge in [-0.15, -0.1) is 0 Å². The molecule has 5 heteroatoms. The fraction of sp³-hybridized carbons (Fsp3) is 0.375. The largest absolute Gasteiger partial charge is 0.348 e. The summed E-state index contributed by atoms with van der Waals surface area (Å²) >= 11 is 0. The maximum atomic E-state index is 15.0. The number of unbranched alkanes of at least 4 members (excludes halogenated alkanes) is 4. The molecule has 0 saturated carbocycles. The average Bonchev–Trinajstić information content (AvgIpc) is 2.92. The third-order valence-corrected chi connectivity index (χ3v) is 6.95. The van der Waals surface area contributed by atoms with Gasteiger partial charge in [-0.05, 0) is 59.7 Å². The first-order valence-corrected chi connectivity index (χ1v) is 13.2. The van der Waals surface area contributed by atoms with E-state index in [9.17, 15) is 13.2 Å².